The van der Waals surface area contributed by atoms with Gasteiger partial charge in [0.25, 0.3) is 0 Å². The van der Waals surface area contributed by atoms with Crippen molar-refractivity contribution in [3.63, 3.8) is 0 Å². The normalized spacial score (nSPS) is 11.8. The zero-order valence-corrected chi connectivity index (χ0v) is 11.4. The SMILES string of the molecule is NC(CCl)=Nc1ccc(-c2ccc(CO)o2)c(Cl)c1. The number of aliphatic hydroxyl groups excluding tert-OH is 1. The van der Waals surface area contributed by atoms with E-state index in [0.717, 1.165) is 5.56 Å². The van der Waals surface area contributed by atoms with Crippen LogP contribution in [0.15, 0.2) is 39.7 Å². The number of alkyl halides is 1. The zero-order valence-electron chi connectivity index (χ0n) is 9.94. The lowest BCUT2D eigenvalue weighted by atomic mass is 10.1. The minimum absolute atomic E-state index is 0.147. The Morgan fingerprint density at radius 1 is 1.32 bits per heavy atom. The highest BCUT2D eigenvalue weighted by atomic mass is 35.5. The molecule has 1 aromatic heterocycles. The molecule has 0 saturated heterocycles. The van der Waals surface area contributed by atoms with Crippen LogP contribution in [0.4, 0.5) is 5.69 Å². The number of halogens is 2. The van der Waals surface area contributed by atoms with E-state index < -0.39 is 0 Å². The molecule has 0 bridgehead atoms. The summed E-state index contributed by atoms with van der Waals surface area (Å²) in [6.07, 6.45) is 0. The predicted octanol–water partition coefficient (Wildman–Crippen LogP) is 3.32. The van der Waals surface area contributed by atoms with Gasteiger partial charge in [0, 0.05) is 5.56 Å². The molecule has 0 atom stereocenters. The van der Waals surface area contributed by atoms with Gasteiger partial charge in [-0.1, -0.05) is 11.6 Å². The van der Waals surface area contributed by atoms with Gasteiger partial charge in [0.2, 0.25) is 0 Å². The lowest BCUT2D eigenvalue weighted by Gasteiger charge is -2.03. The number of furan rings is 1. The Balaban J connectivity index is 2.34. The van der Waals surface area contributed by atoms with Gasteiger partial charge in [0.1, 0.15) is 24.0 Å². The second-order valence-electron chi connectivity index (χ2n) is 3.82. The Morgan fingerprint density at radius 3 is 2.68 bits per heavy atom. The summed E-state index contributed by atoms with van der Waals surface area (Å²) in [5, 5.41) is 9.46. The second-order valence-corrected chi connectivity index (χ2v) is 4.50. The highest BCUT2D eigenvalue weighted by Gasteiger charge is 2.09. The first kappa shape index (κ1) is 13.9. The molecule has 0 amide bonds. The monoisotopic (exact) mass is 298 g/mol. The van der Waals surface area contributed by atoms with Gasteiger partial charge in [-0.25, -0.2) is 4.99 Å². The molecule has 2 aromatic rings. The van der Waals surface area contributed by atoms with Crippen molar-refractivity contribution >= 4 is 34.7 Å². The van der Waals surface area contributed by atoms with Crippen LogP contribution < -0.4 is 5.73 Å². The van der Waals surface area contributed by atoms with E-state index in [1.807, 2.05) is 0 Å². The Labute approximate surface area is 120 Å². The Morgan fingerprint density at radius 2 is 2.11 bits per heavy atom. The standard InChI is InChI=1S/C13H12Cl2N2O2/c14-6-13(16)17-8-1-3-10(11(15)5-8)12-4-2-9(7-18)19-12/h1-5,18H,6-7H2,(H2,16,17). The summed E-state index contributed by atoms with van der Waals surface area (Å²) >= 11 is 11.7. The number of hydrogen-bond donors (Lipinski definition) is 2. The molecule has 0 unspecified atom stereocenters. The van der Waals surface area contributed by atoms with E-state index in [2.05, 4.69) is 4.99 Å². The first-order chi connectivity index (χ1) is 9.13. The molecule has 0 fully saturated rings. The average molecular weight is 299 g/mol. The van der Waals surface area contributed by atoms with Crippen LogP contribution in [0.2, 0.25) is 5.02 Å². The zero-order chi connectivity index (χ0) is 13.8. The quantitative estimate of drug-likeness (QED) is 0.517. The highest BCUT2D eigenvalue weighted by Crippen LogP contribution is 2.32. The molecule has 0 radical (unpaired) electrons. The van der Waals surface area contributed by atoms with E-state index in [4.69, 9.17) is 38.5 Å². The van der Waals surface area contributed by atoms with E-state index in [9.17, 15) is 0 Å². The van der Waals surface area contributed by atoms with Crippen LogP contribution >= 0.6 is 23.2 Å². The third-order valence-corrected chi connectivity index (χ3v) is 3.03. The van der Waals surface area contributed by atoms with Gasteiger partial charge in [-0.15, -0.1) is 11.6 Å². The number of rotatable bonds is 4. The Hall–Kier alpha value is -1.49. The van der Waals surface area contributed by atoms with E-state index in [1.165, 1.54) is 0 Å². The predicted molar refractivity (Wildman–Crippen MR) is 77.1 cm³/mol. The fraction of sp³-hybridized carbons (Fsp3) is 0.154. The fourth-order valence-corrected chi connectivity index (χ4v) is 1.90. The van der Waals surface area contributed by atoms with Gasteiger partial charge in [0.15, 0.2) is 0 Å². The van der Waals surface area contributed by atoms with E-state index in [0.29, 0.717) is 28.1 Å². The Bertz CT molecular complexity index is 608. The van der Waals surface area contributed by atoms with E-state index >= 15 is 0 Å². The third kappa shape index (κ3) is 3.29. The lowest BCUT2D eigenvalue weighted by molar-refractivity contribution is 0.248. The summed E-state index contributed by atoms with van der Waals surface area (Å²) in [5.41, 5.74) is 6.91. The van der Waals surface area contributed by atoms with Crippen LogP contribution in [-0.2, 0) is 6.61 Å². The fourth-order valence-electron chi connectivity index (χ4n) is 1.58. The molecule has 1 aromatic carbocycles. The molecule has 100 valence electrons. The molecule has 0 saturated carbocycles. The van der Waals surface area contributed by atoms with Crippen molar-refractivity contribution in [2.45, 2.75) is 6.61 Å². The molecule has 4 nitrogen and oxygen atoms in total. The number of aliphatic imine (C=N–C) groups is 1. The Kier molecular flexibility index (Phi) is 4.47. The first-order valence-electron chi connectivity index (χ1n) is 5.52. The van der Waals surface area contributed by atoms with Gasteiger partial charge < -0.3 is 15.3 Å². The summed E-state index contributed by atoms with van der Waals surface area (Å²) in [6, 6.07) is 8.67. The highest BCUT2D eigenvalue weighted by molar-refractivity contribution is 6.33. The van der Waals surface area contributed by atoms with Gasteiger partial charge in [-0.2, -0.15) is 0 Å². The van der Waals surface area contributed by atoms with Crippen molar-refractivity contribution < 1.29 is 9.52 Å². The van der Waals surface area contributed by atoms with Gasteiger partial charge in [-0.05, 0) is 30.3 Å². The summed E-state index contributed by atoms with van der Waals surface area (Å²) in [5.74, 6) is 1.57. The maximum atomic E-state index is 8.97. The molecular weight excluding hydrogens is 287 g/mol. The van der Waals surface area contributed by atoms with Crippen LogP contribution in [0.25, 0.3) is 11.3 Å². The smallest absolute Gasteiger partial charge is 0.135 e. The average Bonchev–Trinajstić information content (AvgIpc) is 2.87. The maximum absolute atomic E-state index is 8.97. The van der Waals surface area contributed by atoms with Crippen molar-refractivity contribution in [1.82, 2.24) is 0 Å². The number of hydrogen-bond acceptors (Lipinski definition) is 3. The number of aliphatic hydroxyl groups is 1. The van der Waals surface area contributed by atoms with Crippen LogP contribution in [0.3, 0.4) is 0 Å². The molecule has 0 aliphatic heterocycles. The van der Waals surface area contributed by atoms with Crippen molar-refractivity contribution in [2.75, 3.05) is 5.88 Å². The summed E-state index contributed by atoms with van der Waals surface area (Å²) in [6.45, 7) is -0.147. The molecular formula is C13H12Cl2N2O2. The number of benzene rings is 1. The molecule has 3 N–H and O–H groups in total. The molecule has 0 aliphatic carbocycles. The summed E-state index contributed by atoms with van der Waals surface area (Å²) in [7, 11) is 0. The second kappa shape index (κ2) is 6.10. The first-order valence-corrected chi connectivity index (χ1v) is 6.43. The number of amidine groups is 1. The molecule has 2 rings (SSSR count). The van der Waals surface area contributed by atoms with E-state index in [-0.39, 0.29) is 12.5 Å². The molecule has 0 spiro atoms. The van der Waals surface area contributed by atoms with Crippen LogP contribution in [-0.4, -0.2) is 16.8 Å². The molecule has 19 heavy (non-hydrogen) atoms. The largest absolute Gasteiger partial charge is 0.459 e. The van der Waals surface area contributed by atoms with Crippen molar-refractivity contribution in [3.8, 4) is 11.3 Å². The van der Waals surface area contributed by atoms with E-state index in [1.54, 1.807) is 30.3 Å². The minimum Gasteiger partial charge on any atom is -0.459 e. The molecule has 0 aliphatic rings. The minimum atomic E-state index is -0.147. The summed E-state index contributed by atoms with van der Waals surface area (Å²) in [4.78, 5) is 4.10. The van der Waals surface area contributed by atoms with Crippen LogP contribution in [0.5, 0.6) is 0 Å². The third-order valence-electron chi connectivity index (χ3n) is 2.45. The lowest BCUT2D eigenvalue weighted by Crippen LogP contribution is -2.12. The van der Waals surface area contributed by atoms with Gasteiger partial charge in [0.05, 0.1) is 16.6 Å². The number of nitrogens with two attached hydrogens (primary N) is 1. The molecule has 6 heteroatoms. The van der Waals surface area contributed by atoms with Gasteiger partial charge >= 0.3 is 0 Å². The topological polar surface area (TPSA) is 71.8 Å². The van der Waals surface area contributed by atoms with Crippen molar-refractivity contribution in [2.24, 2.45) is 10.7 Å². The van der Waals surface area contributed by atoms with Crippen LogP contribution in [0, 0.1) is 0 Å². The number of nitrogens with zero attached hydrogens (tertiary/aromatic N) is 1. The van der Waals surface area contributed by atoms with Crippen molar-refractivity contribution in [3.05, 3.63) is 41.1 Å². The van der Waals surface area contributed by atoms with Gasteiger partial charge in [-0.3, -0.25) is 0 Å². The van der Waals surface area contributed by atoms with Crippen molar-refractivity contribution in [1.29, 1.82) is 0 Å². The van der Waals surface area contributed by atoms with Crippen LogP contribution in [0.1, 0.15) is 5.76 Å². The molecule has 1 heterocycles. The maximum Gasteiger partial charge on any atom is 0.135 e. The summed E-state index contributed by atoms with van der Waals surface area (Å²) < 4.78 is 5.43.